The molecular formula is C7H14N2O3S. The van der Waals surface area contributed by atoms with Crippen LogP contribution >= 0.6 is 0 Å². The van der Waals surface area contributed by atoms with Crippen LogP contribution in [-0.2, 0) is 14.7 Å². The molecule has 13 heavy (non-hydrogen) atoms. The predicted molar refractivity (Wildman–Crippen MR) is 50.3 cm³/mol. The highest BCUT2D eigenvalue weighted by Crippen LogP contribution is 2.02. The van der Waals surface area contributed by atoms with Crippen molar-refractivity contribution in [3.05, 3.63) is 0 Å². The summed E-state index contributed by atoms with van der Waals surface area (Å²) in [6, 6.07) is 0. The second kappa shape index (κ2) is 4.57. The van der Waals surface area contributed by atoms with E-state index in [9.17, 15) is 8.42 Å². The fraction of sp³-hybridized carbons (Fsp3) is 0.857. The van der Waals surface area contributed by atoms with Crippen molar-refractivity contribution in [3.8, 4) is 0 Å². The van der Waals surface area contributed by atoms with E-state index in [-0.39, 0.29) is 11.5 Å². The van der Waals surface area contributed by atoms with Crippen molar-refractivity contribution in [1.29, 1.82) is 0 Å². The standard InChI is InChI=1S/C7H14N2O3S/c1-2-8-12-7-9-3-5-13(10,11)6-4-9/h2H,3-7H2,1H3/b8-2+. The van der Waals surface area contributed by atoms with Crippen LogP contribution in [0.15, 0.2) is 5.16 Å². The van der Waals surface area contributed by atoms with Crippen LogP contribution in [0.5, 0.6) is 0 Å². The molecule has 0 aromatic rings. The molecule has 76 valence electrons. The molecule has 1 aliphatic heterocycles. The second-order valence-corrected chi connectivity index (χ2v) is 5.20. The Morgan fingerprint density at radius 3 is 2.62 bits per heavy atom. The molecule has 1 rings (SSSR count). The van der Waals surface area contributed by atoms with Crippen LogP contribution < -0.4 is 0 Å². The minimum absolute atomic E-state index is 0.228. The van der Waals surface area contributed by atoms with Gasteiger partial charge < -0.3 is 4.84 Å². The molecule has 1 aliphatic rings. The molecule has 6 heteroatoms. The van der Waals surface area contributed by atoms with E-state index >= 15 is 0 Å². The summed E-state index contributed by atoms with van der Waals surface area (Å²) in [5.74, 6) is 0.457. The van der Waals surface area contributed by atoms with Gasteiger partial charge in [-0.1, -0.05) is 5.16 Å². The minimum atomic E-state index is -2.78. The molecule has 0 aromatic carbocycles. The maximum Gasteiger partial charge on any atom is 0.170 e. The zero-order valence-electron chi connectivity index (χ0n) is 7.64. The summed E-state index contributed by atoms with van der Waals surface area (Å²) >= 11 is 0. The second-order valence-electron chi connectivity index (χ2n) is 2.89. The van der Waals surface area contributed by atoms with E-state index in [0.29, 0.717) is 19.8 Å². The highest BCUT2D eigenvalue weighted by molar-refractivity contribution is 7.91. The van der Waals surface area contributed by atoms with Crippen LogP contribution in [0.25, 0.3) is 0 Å². The summed E-state index contributed by atoms with van der Waals surface area (Å²) in [7, 11) is -2.78. The summed E-state index contributed by atoms with van der Waals surface area (Å²) in [6.07, 6.45) is 1.56. The summed E-state index contributed by atoms with van der Waals surface area (Å²) in [4.78, 5) is 6.82. The molecule has 0 bridgehead atoms. The fourth-order valence-corrected chi connectivity index (χ4v) is 2.35. The number of hydrogen-bond acceptors (Lipinski definition) is 5. The number of sulfone groups is 1. The molecule has 0 saturated carbocycles. The highest BCUT2D eigenvalue weighted by atomic mass is 32.2. The molecule has 5 nitrogen and oxygen atoms in total. The van der Waals surface area contributed by atoms with Gasteiger partial charge in [-0.2, -0.15) is 0 Å². The Kier molecular flexibility index (Phi) is 3.68. The van der Waals surface area contributed by atoms with Crippen molar-refractivity contribution in [2.45, 2.75) is 6.92 Å². The zero-order valence-corrected chi connectivity index (χ0v) is 8.46. The third kappa shape index (κ3) is 3.73. The van der Waals surface area contributed by atoms with Crippen molar-refractivity contribution >= 4 is 16.1 Å². The Hall–Kier alpha value is -0.620. The SMILES string of the molecule is C/C=N/OCN1CCS(=O)(=O)CC1. The smallest absolute Gasteiger partial charge is 0.170 e. The largest absolute Gasteiger partial charge is 0.380 e. The van der Waals surface area contributed by atoms with Crippen LogP contribution in [0.2, 0.25) is 0 Å². The topological polar surface area (TPSA) is 59.0 Å². The Morgan fingerprint density at radius 2 is 2.08 bits per heavy atom. The maximum atomic E-state index is 11.0. The minimum Gasteiger partial charge on any atom is -0.380 e. The lowest BCUT2D eigenvalue weighted by Crippen LogP contribution is -2.40. The van der Waals surface area contributed by atoms with Gasteiger partial charge >= 0.3 is 0 Å². The van der Waals surface area contributed by atoms with Gasteiger partial charge in [0.2, 0.25) is 0 Å². The third-order valence-corrected chi connectivity index (χ3v) is 3.47. The van der Waals surface area contributed by atoms with Crippen molar-refractivity contribution in [1.82, 2.24) is 4.90 Å². The van der Waals surface area contributed by atoms with Crippen molar-refractivity contribution in [2.75, 3.05) is 31.3 Å². The summed E-state index contributed by atoms with van der Waals surface area (Å²) in [5, 5.41) is 3.59. The molecule has 1 saturated heterocycles. The van der Waals surface area contributed by atoms with Gasteiger partial charge in [0, 0.05) is 19.3 Å². The first-order valence-electron chi connectivity index (χ1n) is 4.17. The van der Waals surface area contributed by atoms with Gasteiger partial charge in [0.15, 0.2) is 16.6 Å². The van der Waals surface area contributed by atoms with Crippen molar-refractivity contribution < 1.29 is 13.3 Å². The molecule has 0 atom stereocenters. The summed E-state index contributed by atoms with van der Waals surface area (Å²) in [6.45, 7) is 3.23. The summed E-state index contributed by atoms with van der Waals surface area (Å²) < 4.78 is 22.1. The van der Waals surface area contributed by atoms with Crippen LogP contribution in [0.1, 0.15) is 6.92 Å². The number of oxime groups is 1. The molecule has 0 amide bonds. The lowest BCUT2D eigenvalue weighted by molar-refractivity contribution is 0.0381. The predicted octanol–water partition coefficient (Wildman–Crippen LogP) is -0.303. The van der Waals surface area contributed by atoms with Gasteiger partial charge in [-0.15, -0.1) is 0 Å². The molecule has 0 aromatic heterocycles. The molecule has 0 N–H and O–H groups in total. The zero-order chi connectivity index (χ0) is 9.73. The van der Waals surface area contributed by atoms with E-state index in [0.717, 1.165) is 0 Å². The van der Waals surface area contributed by atoms with Gasteiger partial charge in [0.25, 0.3) is 0 Å². The van der Waals surface area contributed by atoms with Crippen LogP contribution in [0, 0.1) is 0 Å². The van der Waals surface area contributed by atoms with Gasteiger partial charge in [-0.05, 0) is 6.92 Å². The summed E-state index contributed by atoms with van der Waals surface area (Å²) in [5.41, 5.74) is 0. The van der Waals surface area contributed by atoms with Crippen LogP contribution in [-0.4, -0.2) is 50.9 Å². The monoisotopic (exact) mass is 206 g/mol. The Labute approximate surface area is 78.3 Å². The maximum absolute atomic E-state index is 11.0. The Morgan fingerprint density at radius 1 is 1.46 bits per heavy atom. The lowest BCUT2D eigenvalue weighted by Gasteiger charge is -2.24. The molecule has 0 aliphatic carbocycles. The number of nitrogens with zero attached hydrogens (tertiary/aromatic N) is 2. The van der Waals surface area contributed by atoms with E-state index in [1.807, 2.05) is 4.90 Å². The lowest BCUT2D eigenvalue weighted by atomic mass is 10.5. The van der Waals surface area contributed by atoms with E-state index in [2.05, 4.69) is 5.16 Å². The normalized spacial score (nSPS) is 23.5. The van der Waals surface area contributed by atoms with E-state index in [4.69, 9.17) is 4.84 Å². The Bertz CT molecular complexity index is 259. The average Bonchev–Trinajstić information content (AvgIpc) is 2.08. The van der Waals surface area contributed by atoms with Crippen molar-refractivity contribution in [3.63, 3.8) is 0 Å². The van der Waals surface area contributed by atoms with E-state index in [1.165, 1.54) is 0 Å². The van der Waals surface area contributed by atoms with E-state index < -0.39 is 9.84 Å². The first kappa shape index (κ1) is 10.5. The molecule has 1 fully saturated rings. The molecular weight excluding hydrogens is 192 g/mol. The first-order valence-corrected chi connectivity index (χ1v) is 5.99. The molecule has 0 unspecified atom stereocenters. The van der Waals surface area contributed by atoms with Gasteiger partial charge in [-0.3, -0.25) is 4.90 Å². The molecule has 0 spiro atoms. The first-order chi connectivity index (χ1) is 6.14. The fourth-order valence-electron chi connectivity index (χ4n) is 1.07. The quantitative estimate of drug-likeness (QED) is 0.470. The van der Waals surface area contributed by atoms with Gasteiger partial charge in [-0.25, -0.2) is 8.42 Å². The van der Waals surface area contributed by atoms with Crippen LogP contribution in [0.3, 0.4) is 0 Å². The third-order valence-electron chi connectivity index (χ3n) is 1.86. The highest BCUT2D eigenvalue weighted by Gasteiger charge is 2.21. The Balaban J connectivity index is 2.25. The van der Waals surface area contributed by atoms with Gasteiger partial charge in [0.05, 0.1) is 11.5 Å². The van der Waals surface area contributed by atoms with Gasteiger partial charge in [0.1, 0.15) is 0 Å². The molecule has 0 radical (unpaired) electrons. The van der Waals surface area contributed by atoms with E-state index in [1.54, 1.807) is 13.1 Å². The average molecular weight is 206 g/mol. The van der Waals surface area contributed by atoms with Crippen molar-refractivity contribution in [2.24, 2.45) is 5.16 Å². The molecule has 1 heterocycles. The van der Waals surface area contributed by atoms with Crippen LogP contribution in [0.4, 0.5) is 0 Å². The number of rotatable bonds is 3. The number of hydrogen-bond donors (Lipinski definition) is 0.